The van der Waals surface area contributed by atoms with Gasteiger partial charge in [-0.3, -0.25) is 9.59 Å². The van der Waals surface area contributed by atoms with Gasteiger partial charge >= 0.3 is 0 Å². The van der Waals surface area contributed by atoms with Crippen molar-refractivity contribution in [2.75, 3.05) is 11.4 Å². The molecule has 0 radical (unpaired) electrons. The molecule has 0 atom stereocenters. The number of fused-ring (bicyclic) bond motifs is 1. The molecular weight excluding hydrogens is 436 g/mol. The van der Waals surface area contributed by atoms with Gasteiger partial charge in [0.15, 0.2) is 6.29 Å². The zero-order valence-corrected chi connectivity index (χ0v) is 19.0. The molecule has 1 aliphatic rings. The maximum absolute atomic E-state index is 13.5. The van der Waals surface area contributed by atoms with Crippen LogP contribution in [0.25, 0.3) is 11.1 Å². The lowest BCUT2D eigenvalue weighted by Crippen LogP contribution is -2.28. The molecule has 1 amide bonds. The Bertz CT molecular complexity index is 1450. The quantitative estimate of drug-likeness (QED) is 0.341. The summed E-state index contributed by atoms with van der Waals surface area (Å²) in [7, 11) is 0. The summed E-state index contributed by atoms with van der Waals surface area (Å²) < 4.78 is 5.90. The average Bonchev–Trinajstić information content (AvgIpc) is 3.36. The van der Waals surface area contributed by atoms with E-state index in [0.717, 1.165) is 34.4 Å². The molecule has 4 aromatic rings. The van der Waals surface area contributed by atoms with Crippen LogP contribution in [0.15, 0.2) is 91.0 Å². The smallest absolute Gasteiger partial charge is 0.258 e. The number of carbonyl (C=O) groups excluding carboxylic acids is 2. The monoisotopic (exact) mass is 458 g/mol. The van der Waals surface area contributed by atoms with Gasteiger partial charge in [0.1, 0.15) is 12.4 Å². The van der Waals surface area contributed by atoms with E-state index < -0.39 is 0 Å². The van der Waals surface area contributed by atoms with Gasteiger partial charge in [-0.05, 0) is 65.1 Å². The zero-order chi connectivity index (χ0) is 24.2. The molecule has 0 fully saturated rings. The summed E-state index contributed by atoms with van der Waals surface area (Å²) in [5, 5.41) is 9.10. The Morgan fingerprint density at radius 1 is 0.971 bits per heavy atom. The van der Waals surface area contributed by atoms with Crippen LogP contribution in [-0.2, 0) is 13.0 Å². The summed E-state index contributed by atoms with van der Waals surface area (Å²) in [6.45, 7) is 0.769. The zero-order valence-electron chi connectivity index (χ0n) is 19.0. The molecule has 1 heterocycles. The van der Waals surface area contributed by atoms with Crippen molar-refractivity contribution in [3.8, 4) is 22.9 Å². The van der Waals surface area contributed by atoms with E-state index in [9.17, 15) is 9.59 Å². The predicted octanol–water partition coefficient (Wildman–Crippen LogP) is 5.82. The lowest BCUT2D eigenvalue weighted by molar-refractivity contribution is 0.0987. The third-order valence-corrected chi connectivity index (χ3v) is 6.20. The fourth-order valence-corrected chi connectivity index (χ4v) is 4.47. The normalized spacial score (nSPS) is 12.0. The van der Waals surface area contributed by atoms with Crippen molar-refractivity contribution in [3.05, 3.63) is 119 Å². The van der Waals surface area contributed by atoms with Gasteiger partial charge in [-0.15, -0.1) is 0 Å². The number of hydrogen-bond acceptors (Lipinski definition) is 4. The van der Waals surface area contributed by atoms with Crippen LogP contribution >= 0.6 is 0 Å². The van der Waals surface area contributed by atoms with Crippen LogP contribution in [0.2, 0.25) is 0 Å². The highest BCUT2D eigenvalue weighted by atomic mass is 16.5. The molecule has 0 aliphatic carbocycles. The van der Waals surface area contributed by atoms with Crippen LogP contribution in [0.1, 0.15) is 37.4 Å². The Labute approximate surface area is 203 Å². The molecule has 5 heteroatoms. The number of amides is 1. The van der Waals surface area contributed by atoms with Gasteiger partial charge < -0.3 is 9.64 Å². The summed E-state index contributed by atoms with van der Waals surface area (Å²) >= 11 is 0. The number of ether oxygens (including phenoxy) is 1. The number of aldehydes is 1. The molecule has 0 aromatic heterocycles. The maximum Gasteiger partial charge on any atom is 0.258 e. The summed E-state index contributed by atoms with van der Waals surface area (Å²) in [5.74, 6) is 0.202. The molecule has 0 bridgehead atoms. The molecule has 170 valence electrons. The van der Waals surface area contributed by atoms with Gasteiger partial charge in [-0.1, -0.05) is 54.6 Å². The van der Waals surface area contributed by atoms with Crippen LogP contribution in [0.5, 0.6) is 5.75 Å². The second-order valence-corrected chi connectivity index (χ2v) is 8.35. The third-order valence-electron chi connectivity index (χ3n) is 6.20. The summed E-state index contributed by atoms with van der Waals surface area (Å²) in [6, 6.07) is 30.3. The standard InChI is InChI=1S/C30H22N2O3/c31-18-21-6-4-7-22(16-21)20-35-29-17-24(12-13-25(29)19-33)30(34)32-15-14-27-26(10-5-11-28(27)32)23-8-2-1-3-9-23/h1-13,16-17,19H,14-15,20H2. The first-order valence-corrected chi connectivity index (χ1v) is 11.4. The molecule has 5 rings (SSSR count). The number of benzene rings is 4. The highest BCUT2D eigenvalue weighted by Gasteiger charge is 2.28. The molecule has 0 unspecified atom stereocenters. The van der Waals surface area contributed by atoms with Crippen molar-refractivity contribution in [1.29, 1.82) is 5.26 Å². The molecule has 35 heavy (non-hydrogen) atoms. The summed E-state index contributed by atoms with van der Waals surface area (Å²) in [4.78, 5) is 26.9. The van der Waals surface area contributed by atoms with Crippen molar-refractivity contribution in [1.82, 2.24) is 0 Å². The van der Waals surface area contributed by atoms with Crippen LogP contribution in [0.4, 0.5) is 5.69 Å². The van der Waals surface area contributed by atoms with Gasteiger partial charge in [0.05, 0.1) is 17.2 Å². The van der Waals surface area contributed by atoms with Crippen LogP contribution in [-0.4, -0.2) is 18.7 Å². The van der Waals surface area contributed by atoms with E-state index in [0.29, 0.717) is 35.3 Å². The van der Waals surface area contributed by atoms with Gasteiger partial charge in [-0.25, -0.2) is 0 Å². The van der Waals surface area contributed by atoms with Crippen molar-refractivity contribution >= 4 is 17.9 Å². The molecular formula is C30H22N2O3. The summed E-state index contributed by atoms with van der Waals surface area (Å²) in [5.41, 5.74) is 6.49. The Kier molecular flexibility index (Phi) is 6.11. The third kappa shape index (κ3) is 4.42. The van der Waals surface area contributed by atoms with E-state index >= 15 is 0 Å². The fraction of sp³-hybridized carbons (Fsp3) is 0.100. The van der Waals surface area contributed by atoms with Gasteiger partial charge in [0, 0.05) is 17.8 Å². The second kappa shape index (κ2) is 9.66. The highest BCUT2D eigenvalue weighted by molar-refractivity contribution is 6.08. The topological polar surface area (TPSA) is 70.4 Å². The SMILES string of the molecule is N#Cc1cccc(COc2cc(C(=O)N3CCc4c(-c5ccccc5)cccc43)ccc2C=O)c1. The number of anilines is 1. The molecule has 5 nitrogen and oxygen atoms in total. The second-order valence-electron chi connectivity index (χ2n) is 8.35. The van der Waals surface area contributed by atoms with E-state index in [1.165, 1.54) is 0 Å². The Morgan fingerprint density at radius 2 is 1.80 bits per heavy atom. The van der Waals surface area contributed by atoms with Crippen molar-refractivity contribution in [3.63, 3.8) is 0 Å². The van der Waals surface area contributed by atoms with E-state index in [1.54, 1.807) is 41.3 Å². The number of hydrogen-bond donors (Lipinski definition) is 0. The van der Waals surface area contributed by atoms with Crippen LogP contribution < -0.4 is 9.64 Å². The Hall–Kier alpha value is -4.69. The Morgan fingerprint density at radius 3 is 2.60 bits per heavy atom. The maximum atomic E-state index is 13.5. The van der Waals surface area contributed by atoms with E-state index in [-0.39, 0.29) is 12.5 Å². The first-order chi connectivity index (χ1) is 17.2. The molecule has 0 saturated heterocycles. The minimum atomic E-state index is -0.136. The van der Waals surface area contributed by atoms with Crippen molar-refractivity contribution < 1.29 is 14.3 Å². The first kappa shape index (κ1) is 22.1. The van der Waals surface area contributed by atoms with Gasteiger partial charge in [0.25, 0.3) is 5.91 Å². The average molecular weight is 459 g/mol. The Balaban J connectivity index is 1.41. The number of nitrogens with zero attached hydrogens (tertiary/aromatic N) is 2. The molecule has 0 saturated carbocycles. The fourth-order valence-electron chi connectivity index (χ4n) is 4.47. The van der Waals surface area contributed by atoms with Crippen molar-refractivity contribution in [2.45, 2.75) is 13.0 Å². The largest absolute Gasteiger partial charge is 0.488 e. The van der Waals surface area contributed by atoms with Gasteiger partial charge in [0.2, 0.25) is 0 Å². The highest BCUT2D eigenvalue weighted by Crippen LogP contribution is 2.37. The first-order valence-electron chi connectivity index (χ1n) is 11.4. The van der Waals surface area contributed by atoms with Gasteiger partial charge in [-0.2, -0.15) is 5.26 Å². The van der Waals surface area contributed by atoms with Crippen molar-refractivity contribution in [2.24, 2.45) is 0 Å². The number of carbonyl (C=O) groups is 2. The molecule has 4 aromatic carbocycles. The molecule has 0 spiro atoms. The van der Waals surface area contributed by atoms with E-state index in [4.69, 9.17) is 10.00 Å². The molecule has 1 aliphatic heterocycles. The lowest BCUT2D eigenvalue weighted by atomic mass is 9.98. The number of nitriles is 1. The van der Waals surface area contributed by atoms with E-state index in [2.05, 4.69) is 24.3 Å². The van der Waals surface area contributed by atoms with E-state index in [1.807, 2.05) is 36.4 Å². The molecule has 0 N–H and O–H groups in total. The predicted molar refractivity (Wildman–Crippen MR) is 135 cm³/mol. The minimum Gasteiger partial charge on any atom is -0.488 e. The van der Waals surface area contributed by atoms with Crippen LogP contribution in [0.3, 0.4) is 0 Å². The number of rotatable bonds is 6. The van der Waals surface area contributed by atoms with Crippen LogP contribution in [0, 0.1) is 11.3 Å². The summed E-state index contributed by atoms with van der Waals surface area (Å²) in [6.07, 6.45) is 1.49. The minimum absolute atomic E-state index is 0.136. The lowest BCUT2D eigenvalue weighted by Gasteiger charge is -2.19.